The highest BCUT2D eigenvalue weighted by atomic mass is 19.3. The number of anilines is 1. The number of aromatic nitrogens is 1. The summed E-state index contributed by atoms with van der Waals surface area (Å²) in [5, 5.41) is 2.61. The predicted molar refractivity (Wildman–Crippen MR) is 82.5 cm³/mol. The van der Waals surface area contributed by atoms with Gasteiger partial charge < -0.3 is 19.2 Å². The maximum absolute atomic E-state index is 13.0. The van der Waals surface area contributed by atoms with Crippen molar-refractivity contribution in [1.82, 2.24) is 4.98 Å². The Kier molecular flexibility index (Phi) is 3.38. The monoisotopic (exact) mass is 344 g/mol. The van der Waals surface area contributed by atoms with E-state index in [1.807, 2.05) is 0 Å². The summed E-state index contributed by atoms with van der Waals surface area (Å²) in [6, 6.07) is 10.7. The Hall–Kier alpha value is -3.42. The molecular formula is C17H10F2N2O4. The van der Waals surface area contributed by atoms with Crippen molar-refractivity contribution in [2.24, 2.45) is 0 Å². The van der Waals surface area contributed by atoms with Crippen LogP contribution in [0.2, 0.25) is 0 Å². The summed E-state index contributed by atoms with van der Waals surface area (Å²) < 4.78 is 39.9. The van der Waals surface area contributed by atoms with E-state index >= 15 is 0 Å². The van der Waals surface area contributed by atoms with Crippen LogP contribution >= 0.6 is 0 Å². The van der Waals surface area contributed by atoms with Crippen LogP contribution < -0.4 is 14.8 Å². The second-order valence-corrected chi connectivity index (χ2v) is 5.23. The molecule has 0 aliphatic carbocycles. The number of fused-ring (bicyclic) bond motifs is 1. The highest BCUT2D eigenvalue weighted by molar-refractivity contribution is 6.04. The number of ether oxygens (including phenoxy) is 2. The molecular weight excluding hydrogens is 334 g/mol. The SMILES string of the molecule is O=C(Nc1ccc2c(c1)OC(F)(F)O2)c1ccc(-c2cnco2)cc1. The van der Waals surface area contributed by atoms with Gasteiger partial charge in [0.1, 0.15) is 0 Å². The molecule has 0 radical (unpaired) electrons. The van der Waals surface area contributed by atoms with E-state index in [0.29, 0.717) is 17.0 Å². The Morgan fingerprint density at radius 3 is 2.52 bits per heavy atom. The van der Waals surface area contributed by atoms with Crippen LogP contribution in [-0.2, 0) is 0 Å². The van der Waals surface area contributed by atoms with Gasteiger partial charge in [-0.1, -0.05) is 12.1 Å². The fourth-order valence-corrected chi connectivity index (χ4v) is 2.37. The van der Waals surface area contributed by atoms with Gasteiger partial charge in [-0.05, 0) is 24.3 Å². The molecule has 1 amide bonds. The zero-order chi connectivity index (χ0) is 17.4. The molecule has 0 unspecified atom stereocenters. The summed E-state index contributed by atoms with van der Waals surface area (Å²) in [4.78, 5) is 16.1. The maximum Gasteiger partial charge on any atom is 0.586 e. The van der Waals surface area contributed by atoms with Crippen molar-refractivity contribution in [2.75, 3.05) is 5.32 Å². The lowest BCUT2D eigenvalue weighted by atomic mass is 10.1. The summed E-state index contributed by atoms with van der Waals surface area (Å²) in [7, 11) is 0. The molecule has 25 heavy (non-hydrogen) atoms. The molecule has 1 aliphatic rings. The lowest BCUT2D eigenvalue weighted by Crippen LogP contribution is -2.25. The summed E-state index contributed by atoms with van der Waals surface area (Å²) in [6.07, 6.45) is -0.807. The first-order valence-corrected chi connectivity index (χ1v) is 7.20. The van der Waals surface area contributed by atoms with E-state index in [-0.39, 0.29) is 11.5 Å². The molecule has 1 aromatic heterocycles. The molecule has 1 N–H and O–H groups in total. The van der Waals surface area contributed by atoms with Crippen molar-refractivity contribution in [3.63, 3.8) is 0 Å². The normalized spacial score (nSPS) is 14.3. The molecule has 0 bridgehead atoms. The third-order valence-corrected chi connectivity index (χ3v) is 3.52. The van der Waals surface area contributed by atoms with E-state index in [2.05, 4.69) is 19.8 Å². The van der Waals surface area contributed by atoms with Crippen molar-refractivity contribution in [2.45, 2.75) is 6.29 Å². The first-order chi connectivity index (χ1) is 12.0. The van der Waals surface area contributed by atoms with Crippen LogP contribution in [0.15, 0.2) is 59.5 Å². The minimum atomic E-state index is -3.69. The molecule has 0 fully saturated rings. The fourth-order valence-electron chi connectivity index (χ4n) is 2.37. The Balaban J connectivity index is 1.49. The first kappa shape index (κ1) is 15.1. The zero-order valence-electron chi connectivity index (χ0n) is 12.5. The zero-order valence-corrected chi connectivity index (χ0v) is 12.5. The van der Waals surface area contributed by atoms with E-state index in [4.69, 9.17) is 4.42 Å². The quantitative estimate of drug-likeness (QED) is 0.780. The van der Waals surface area contributed by atoms with E-state index < -0.39 is 12.2 Å². The first-order valence-electron chi connectivity index (χ1n) is 7.20. The van der Waals surface area contributed by atoms with Crippen molar-refractivity contribution in [3.8, 4) is 22.8 Å². The number of carbonyl (C=O) groups is 1. The van der Waals surface area contributed by atoms with Gasteiger partial charge in [-0.3, -0.25) is 4.79 Å². The van der Waals surface area contributed by atoms with Crippen LogP contribution in [-0.4, -0.2) is 17.2 Å². The summed E-state index contributed by atoms with van der Waals surface area (Å²) in [5.41, 5.74) is 1.48. The smallest absolute Gasteiger partial charge is 0.444 e. The van der Waals surface area contributed by atoms with E-state index in [9.17, 15) is 13.6 Å². The number of halogens is 2. The van der Waals surface area contributed by atoms with Gasteiger partial charge in [0, 0.05) is 22.9 Å². The highest BCUT2D eigenvalue weighted by Crippen LogP contribution is 2.42. The van der Waals surface area contributed by atoms with Gasteiger partial charge in [-0.25, -0.2) is 4.98 Å². The number of amides is 1. The number of nitrogens with zero attached hydrogens (tertiary/aromatic N) is 1. The average molecular weight is 344 g/mol. The Morgan fingerprint density at radius 2 is 1.80 bits per heavy atom. The molecule has 0 spiro atoms. The van der Waals surface area contributed by atoms with Gasteiger partial charge in [0.2, 0.25) is 0 Å². The Morgan fingerprint density at radius 1 is 1.04 bits per heavy atom. The standard InChI is InChI=1S/C17H10F2N2O4/c18-17(19)24-13-6-5-12(7-14(13)25-17)21-16(22)11-3-1-10(2-4-11)15-8-20-9-23-15/h1-9H,(H,21,22). The van der Waals surface area contributed by atoms with Gasteiger partial charge >= 0.3 is 6.29 Å². The number of hydrogen-bond acceptors (Lipinski definition) is 5. The minimum absolute atomic E-state index is 0.0839. The Bertz CT molecular complexity index is 924. The van der Waals surface area contributed by atoms with E-state index in [1.165, 1.54) is 24.6 Å². The topological polar surface area (TPSA) is 73.6 Å². The maximum atomic E-state index is 13.0. The molecule has 0 saturated carbocycles. The second kappa shape index (κ2) is 5.59. The van der Waals surface area contributed by atoms with Crippen molar-refractivity contribution in [3.05, 3.63) is 60.6 Å². The van der Waals surface area contributed by atoms with Crippen molar-refractivity contribution >= 4 is 11.6 Å². The molecule has 8 heteroatoms. The lowest BCUT2D eigenvalue weighted by molar-refractivity contribution is -0.286. The van der Waals surface area contributed by atoms with Gasteiger partial charge in [0.05, 0.1) is 6.20 Å². The molecule has 126 valence electrons. The third kappa shape index (κ3) is 3.01. The van der Waals surface area contributed by atoms with Crippen molar-refractivity contribution in [1.29, 1.82) is 0 Å². The second-order valence-electron chi connectivity index (χ2n) is 5.23. The van der Waals surface area contributed by atoms with Crippen LogP contribution in [0.3, 0.4) is 0 Å². The number of rotatable bonds is 3. The third-order valence-electron chi connectivity index (χ3n) is 3.52. The summed E-state index contributed by atoms with van der Waals surface area (Å²) >= 11 is 0. The van der Waals surface area contributed by atoms with Gasteiger partial charge in [0.25, 0.3) is 5.91 Å². The number of alkyl halides is 2. The molecule has 2 heterocycles. The number of carbonyl (C=O) groups excluding carboxylic acids is 1. The highest BCUT2D eigenvalue weighted by Gasteiger charge is 2.43. The van der Waals surface area contributed by atoms with Crippen LogP contribution in [0.5, 0.6) is 11.5 Å². The molecule has 0 saturated heterocycles. The van der Waals surface area contributed by atoms with Crippen LogP contribution in [0.25, 0.3) is 11.3 Å². The molecule has 1 aliphatic heterocycles. The summed E-state index contributed by atoms with van der Waals surface area (Å²) in [5.74, 6) is -0.0266. The molecule has 4 rings (SSSR count). The van der Waals surface area contributed by atoms with Gasteiger partial charge in [-0.15, -0.1) is 8.78 Å². The van der Waals surface area contributed by atoms with Crippen LogP contribution in [0, 0.1) is 0 Å². The molecule has 0 atom stereocenters. The van der Waals surface area contributed by atoms with Gasteiger partial charge in [0.15, 0.2) is 23.7 Å². The Labute approximate surface area is 140 Å². The van der Waals surface area contributed by atoms with Crippen LogP contribution in [0.4, 0.5) is 14.5 Å². The number of benzene rings is 2. The molecule has 2 aromatic carbocycles. The number of hydrogen-bond donors (Lipinski definition) is 1. The largest absolute Gasteiger partial charge is 0.586 e. The predicted octanol–water partition coefficient (Wildman–Crippen LogP) is 3.92. The minimum Gasteiger partial charge on any atom is -0.444 e. The average Bonchev–Trinajstić information content (AvgIpc) is 3.21. The number of nitrogens with one attached hydrogen (secondary N) is 1. The van der Waals surface area contributed by atoms with Crippen molar-refractivity contribution < 1.29 is 27.5 Å². The number of oxazole rings is 1. The fraction of sp³-hybridized carbons (Fsp3) is 0.0588. The summed E-state index contributed by atoms with van der Waals surface area (Å²) in [6.45, 7) is 0. The molecule has 6 nitrogen and oxygen atoms in total. The van der Waals surface area contributed by atoms with E-state index in [1.54, 1.807) is 30.5 Å². The lowest BCUT2D eigenvalue weighted by Gasteiger charge is -2.06. The van der Waals surface area contributed by atoms with Crippen LogP contribution in [0.1, 0.15) is 10.4 Å². The van der Waals surface area contributed by atoms with Gasteiger partial charge in [-0.2, -0.15) is 0 Å². The molecule has 3 aromatic rings. The van der Waals surface area contributed by atoms with E-state index in [0.717, 1.165) is 5.56 Å².